The molecule has 0 fully saturated rings. The number of carbonyl (C=O) groups is 2. The summed E-state index contributed by atoms with van der Waals surface area (Å²) in [7, 11) is 0. The first-order valence-electron chi connectivity index (χ1n) is 14.6. The quantitative estimate of drug-likeness (QED) is 0.201. The minimum absolute atomic E-state index is 0.0291. The number of pyridine rings is 2. The van der Waals surface area contributed by atoms with E-state index in [4.69, 9.17) is 46.4 Å². The van der Waals surface area contributed by atoms with Gasteiger partial charge >= 0.3 is 0 Å². The number of benzene rings is 2. The fourth-order valence-corrected chi connectivity index (χ4v) is 6.81. The second kappa shape index (κ2) is 14.4. The molecule has 0 bridgehead atoms. The molecule has 2 atom stereocenters. The van der Waals surface area contributed by atoms with Crippen LogP contribution in [-0.2, 0) is 22.7 Å². The van der Waals surface area contributed by atoms with E-state index in [9.17, 15) is 9.59 Å². The van der Waals surface area contributed by atoms with Crippen molar-refractivity contribution in [1.82, 2.24) is 19.8 Å². The Bertz CT molecular complexity index is 1710. The van der Waals surface area contributed by atoms with Crippen LogP contribution in [0.3, 0.4) is 0 Å². The van der Waals surface area contributed by atoms with Crippen molar-refractivity contribution in [2.75, 3.05) is 13.1 Å². The predicted molar refractivity (Wildman–Crippen MR) is 186 cm³/mol. The molecule has 0 N–H and O–H groups in total. The third-order valence-electron chi connectivity index (χ3n) is 8.38. The highest BCUT2D eigenvalue weighted by Gasteiger charge is 2.32. The smallest absolute Gasteiger partial charge is 0.246 e. The first-order valence-corrected chi connectivity index (χ1v) is 16.1. The Labute approximate surface area is 289 Å². The van der Waals surface area contributed by atoms with Crippen LogP contribution in [0.2, 0.25) is 20.1 Å². The van der Waals surface area contributed by atoms with E-state index < -0.39 is 0 Å². The molecule has 0 aliphatic carbocycles. The predicted octanol–water partition coefficient (Wildman–Crippen LogP) is 8.71. The highest BCUT2D eigenvalue weighted by molar-refractivity contribution is 6.42. The van der Waals surface area contributed by atoms with Crippen molar-refractivity contribution in [3.8, 4) is 0 Å². The van der Waals surface area contributed by atoms with Gasteiger partial charge in [-0.3, -0.25) is 19.6 Å². The van der Waals surface area contributed by atoms with E-state index in [0.717, 1.165) is 44.8 Å². The zero-order chi connectivity index (χ0) is 33.1. The Morgan fingerprint density at radius 3 is 1.41 bits per heavy atom. The van der Waals surface area contributed by atoms with E-state index in [1.165, 1.54) is 12.2 Å². The molecule has 6 nitrogen and oxygen atoms in total. The van der Waals surface area contributed by atoms with Crippen LogP contribution in [0, 0.1) is 13.8 Å². The number of aryl methyl sites for hydroxylation is 2. The third kappa shape index (κ3) is 7.01. The largest absolute Gasteiger partial charge is 0.334 e. The molecule has 10 heteroatoms. The van der Waals surface area contributed by atoms with E-state index in [2.05, 4.69) is 23.1 Å². The van der Waals surface area contributed by atoms with Gasteiger partial charge in [-0.25, -0.2) is 0 Å². The summed E-state index contributed by atoms with van der Waals surface area (Å²) in [5.41, 5.74) is 8.22. The van der Waals surface area contributed by atoms with Crippen LogP contribution in [0.5, 0.6) is 0 Å². The third-order valence-corrected chi connectivity index (χ3v) is 9.82. The Balaban J connectivity index is 0.000000181. The van der Waals surface area contributed by atoms with Crippen molar-refractivity contribution in [3.05, 3.63) is 151 Å². The molecule has 0 saturated carbocycles. The first-order chi connectivity index (χ1) is 22.0. The first kappa shape index (κ1) is 33.7. The maximum Gasteiger partial charge on any atom is 0.246 e. The SMILES string of the molecule is C=CC(=O)N1Cc2cc(Cl)c(Cl)cc2[C@@H](c2ncccc2C)C1.C=CC(=O)N1Cc2cc(Cl)c(Cl)cc2[C@H](c2ncccc2C)C1. The van der Waals surface area contributed by atoms with Crippen LogP contribution >= 0.6 is 46.4 Å². The van der Waals surface area contributed by atoms with Crippen molar-refractivity contribution in [1.29, 1.82) is 0 Å². The van der Waals surface area contributed by atoms with Crippen molar-refractivity contribution in [3.63, 3.8) is 0 Å². The summed E-state index contributed by atoms with van der Waals surface area (Å²) in [6.45, 7) is 13.3. The molecule has 236 valence electrons. The number of rotatable bonds is 4. The zero-order valence-electron chi connectivity index (χ0n) is 25.4. The summed E-state index contributed by atoms with van der Waals surface area (Å²) >= 11 is 24.8. The maximum absolute atomic E-state index is 12.1. The number of nitrogens with zero attached hydrogens (tertiary/aromatic N) is 4. The van der Waals surface area contributed by atoms with Crippen LogP contribution in [0.4, 0.5) is 0 Å². The van der Waals surface area contributed by atoms with Gasteiger partial charge in [0.2, 0.25) is 11.8 Å². The molecule has 2 amide bonds. The molecule has 0 unspecified atom stereocenters. The van der Waals surface area contributed by atoms with Crippen LogP contribution < -0.4 is 0 Å². The van der Waals surface area contributed by atoms with Gasteiger partial charge in [0.1, 0.15) is 0 Å². The summed E-state index contributed by atoms with van der Waals surface area (Å²) in [6.07, 6.45) is 6.22. The lowest BCUT2D eigenvalue weighted by atomic mass is 9.85. The van der Waals surface area contributed by atoms with Gasteiger partial charge in [-0.2, -0.15) is 0 Å². The average Bonchev–Trinajstić information content (AvgIpc) is 3.05. The van der Waals surface area contributed by atoms with Gasteiger partial charge in [0.15, 0.2) is 0 Å². The number of halogens is 4. The van der Waals surface area contributed by atoms with E-state index in [1.807, 2.05) is 62.4 Å². The van der Waals surface area contributed by atoms with E-state index in [0.29, 0.717) is 46.3 Å². The highest BCUT2D eigenvalue weighted by Crippen LogP contribution is 2.39. The molecule has 2 aromatic heterocycles. The monoisotopic (exact) mass is 692 g/mol. The average molecular weight is 694 g/mol. The summed E-state index contributed by atoms with van der Waals surface area (Å²) in [5.74, 6) is -0.252. The number of amides is 2. The number of carbonyl (C=O) groups excluding carboxylic acids is 2. The van der Waals surface area contributed by atoms with Crippen LogP contribution in [0.25, 0.3) is 0 Å². The van der Waals surface area contributed by atoms with Crippen molar-refractivity contribution in [2.24, 2.45) is 0 Å². The Kier molecular flexibility index (Phi) is 10.5. The zero-order valence-corrected chi connectivity index (χ0v) is 28.5. The lowest BCUT2D eigenvalue weighted by Crippen LogP contribution is -2.38. The van der Waals surface area contributed by atoms with E-state index in [1.54, 1.807) is 22.2 Å². The summed E-state index contributed by atoms with van der Waals surface area (Å²) in [5, 5.41) is 2.03. The lowest BCUT2D eigenvalue weighted by molar-refractivity contribution is -0.127. The summed E-state index contributed by atoms with van der Waals surface area (Å²) < 4.78 is 0. The van der Waals surface area contributed by atoms with E-state index in [-0.39, 0.29) is 23.7 Å². The molecule has 0 radical (unpaired) electrons. The van der Waals surface area contributed by atoms with Gasteiger partial charge in [-0.15, -0.1) is 0 Å². The van der Waals surface area contributed by atoms with Gasteiger partial charge in [-0.05, 0) is 95.8 Å². The molecule has 4 heterocycles. The number of hydrogen-bond acceptors (Lipinski definition) is 4. The minimum atomic E-state index is -0.0969. The molecule has 2 aliphatic heterocycles. The fourth-order valence-electron chi connectivity index (χ4n) is 6.09. The molecule has 2 aliphatic rings. The summed E-state index contributed by atoms with van der Waals surface area (Å²) in [4.78, 5) is 36.8. The Morgan fingerprint density at radius 1 is 0.696 bits per heavy atom. The lowest BCUT2D eigenvalue weighted by Gasteiger charge is -2.34. The van der Waals surface area contributed by atoms with Crippen molar-refractivity contribution < 1.29 is 9.59 Å². The van der Waals surface area contributed by atoms with Crippen LogP contribution in [-0.4, -0.2) is 44.7 Å². The number of hydrogen-bond donors (Lipinski definition) is 0. The minimum Gasteiger partial charge on any atom is -0.334 e. The van der Waals surface area contributed by atoms with Gasteiger partial charge < -0.3 is 9.80 Å². The molecule has 6 rings (SSSR count). The second-order valence-electron chi connectivity index (χ2n) is 11.3. The highest BCUT2D eigenvalue weighted by atomic mass is 35.5. The number of aromatic nitrogens is 2. The molecule has 0 saturated heterocycles. The molecule has 0 spiro atoms. The molecule has 4 aromatic rings. The van der Waals surface area contributed by atoms with Gasteiger partial charge in [-0.1, -0.05) is 71.7 Å². The van der Waals surface area contributed by atoms with Crippen molar-refractivity contribution >= 4 is 58.2 Å². The Morgan fingerprint density at radius 2 is 1.07 bits per heavy atom. The molecule has 2 aromatic carbocycles. The van der Waals surface area contributed by atoms with Crippen molar-refractivity contribution in [2.45, 2.75) is 38.8 Å². The van der Waals surface area contributed by atoms with Crippen LogP contribution in [0.1, 0.15) is 56.6 Å². The second-order valence-corrected chi connectivity index (χ2v) is 12.9. The Hall–Kier alpha value is -3.68. The topological polar surface area (TPSA) is 66.4 Å². The van der Waals surface area contributed by atoms with Gasteiger partial charge in [0.25, 0.3) is 0 Å². The van der Waals surface area contributed by atoms with Crippen LogP contribution in [0.15, 0.2) is 86.2 Å². The standard InChI is InChI=1S/2C18H16Cl2N2O/c2*1-3-17(23)22-9-12-7-15(19)16(20)8-13(12)14(10-22)18-11(2)5-4-6-21-18/h2*3-8,14H,1,9-10H2,2H3/t2*14-/m10/s1. The molecular formula is C36H32Cl4N4O2. The number of fused-ring (bicyclic) bond motifs is 2. The molecular weight excluding hydrogens is 662 g/mol. The summed E-state index contributed by atoms with van der Waals surface area (Å²) in [6, 6.07) is 15.3. The molecule has 46 heavy (non-hydrogen) atoms. The van der Waals surface area contributed by atoms with E-state index >= 15 is 0 Å². The maximum atomic E-state index is 12.1. The normalized spacial score (nSPS) is 16.8. The van der Waals surface area contributed by atoms with Gasteiger partial charge in [0.05, 0.1) is 31.5 Å². The van der Waals surface area contributed by atoms with Gasteiger partial charge in [0, 0.05) is 50.4 Å². The fraction of sp³-hybridized carbons (Fsp3) is 0.222.